The Morgan fingerprint density at radius 1 is 1.00 bits per heavy atom. The predicted molar refractivity (Wildman–Crippen MR) is 107 cm³/mol. The molecule has 0 atom stereocenters. The van der Waals surface area contributed by atoms with Crippen molar-refractivity contribution in [2.24, 2.45) is 17.8 Å². The summed E-state index contributed by atoms with van der Waals surface area (Å²) in [6.07, 6.45) is 7.97. The maximum atomic E-state index is 13.0. The lowest BCUT2D eigenvalue weighted by molar-refractivity contribution is -0.0165. The summed E-state index contributed by atoms with van der Waals surface area (Å²) in [6.45, 7) is 6.83. The lowest BCUT2D eigenvalue weighted by Crippen LogP contribution is -2.63. The van der Waals surface area contributed by atoms with Gasteiger partial charge in [-0.3, -0.25) is 4.90 Å². The number of urea groups is 1. The summed E-state index contributed by atoms with van der Waals surface area (Å²) >= 11 is 0. The van der Waals surface area contributed by atoms with E-state index in [0.717, 1.165) is 50.5 Å². The molecule has 6 rings (SSSR count). The second-order valence-electron chi connectivity index (χ2n) is 9.82. The highest BCUT2D eigenvalue weighted by atomic mass is 16.2. The zero-order chi connectivity index (χ0) is 18.4. The number of carbonyl (C=O) groups excluding carboxylic acids is 1. The molecule has 5 fully saturated rings. The minimum Gasteiger partial charge on any atom is -0.333 e. The van der Waals surface area contributed by atoms with E-state index in [1.807, 2.05) is 0 Å². The first kappa shape index (κ1) is 17.5. The number of nitrogens with one attached hydrogen (secondary N) is 1. The van der Waals surface area contributed by atoms with Crippen LogP contribution in [0.2, 0.25) is 0 Å². The van der Waals surface area contributed by atoms with Gasteiger partial charge in [0.15, 0.2) is 0 Å². The number of hydrogen-bond donors (Lipinski definition) is 1. The minimum absolute atomic E-state index is 0.129. The van der Waals surface area contributed by atoms with E-state index in [1.54, 1.807) is 0 Å². The highest BCUT2D eigenvalue weighted by Gasteiger charge is 2.51. The minimum atomic E-state index is 0.129. The Morgan fingerprint density at radius 2 is 1.59 bits per heavy atom. The number of rotatable bonds is 3. The third kappa shape index (κ3) is 3.49. The molecule has 1 aromatic rings. The Hall–Kier alpha value is -1.55. The molecule has 1 saturated heterocycles. The SMILES string of the molecule is Cc1ccccc1CN1CCN(C(=O)NC23CC4CC(CC(C4)C2)C3)CC1. The van der Waals surface area contributed by atoms with Crippen LogP contribution < -0.4 is 5.32 Å². The molecule has 0 spiro atoms. The van der Waals surface area contributed by atoms with Gasteiger partial charge in [-0.1, -0.05) is 24.3 Å². The summed E-state index contributed by atoms with van der Waals surface area (Å²) in [4.78, 5) is 17.5. The molecule has 146 valence electrons. The van der Waals surface area contributed by atoms with Crippen LogP contribution in [0.3, 0.4) is 0 Å². The van der Waals surface area contributed by atoms with Crippen LogP contribution in [0.4, 0.5) is 4.79 Å². The fourth-order valence-electron chi connectivity index (χ4n) is 6.71. The molecule has 0 aromatic heterocycles. The first-order valence-corrected chi connectivity index (χ1v) is 10.9. The van der Waals surface area contributed by atoms with Gasteiger partial charge in [-0.15, -0.1) is 0 Å². The normalized spacial score (nSPS) is 35.4. The number of benzene rings is 1. The highest BCUT2D eigenvalue weighted by molar-refractivity contribution is 5.75. The van der Waals surface area contributed by atoms with Crippen molar-refractivity contribution in [1.82, 2.24) is 15.1 Å². The largest absolute Gasteiger partial charge is 0.333 e. The van der Waals surface area contributed by atoms with E-state index in [1.165, 1.54) is 49.7 Å². The van der Waals surface area contributed by atoms with E-state index in [9.17, 15) is 4.79 Å². The summed E-state index contributed by atoms with van der Waals surface area (Å²) in [6, 6.07) is 8.84. The molecule has 27 heavy (non-hydrogen) atoms. The van der Waals surface area contributed by atoms with Gasteiger partial charge < -0.3 is 10.2 Å². The second kappa shape index (κ2) is 6.80. The molecular weight excluding hydrogens is 334 g/mol. The molecular formula is C23H33N3O. The number of amides is 2. The van der Waals surface area contributed by atoms with Gasteiger partial charge in [-0.05, 0) is 74.3 Å². The number of aryl methyl sites for hydroxylation is 1. The van der Waals surface area contributed by atoms with Crippen LogP contribution in [0, 0.1) is 24.7 Å². The molecule has 1 aromatic carbocycles. The van der Waals surface area contributed by atoms with E-state index >= 15 is 0 Å². The van der Waals surface area contributed by atoms with Crippen LogP contribution >= 0.6 is 0 Å². The van der Waals surface area contributed by atoms with Gasteiger partial charge in [0.05, 0.1) is 0 Å². The Morgan fingerprint density at radius 3 is 2.19 bits per heavy atom. The van der Waals surface area contributed by atoms with Crippen LogP contribution in [0.15, 0.2) is 24.3 Å². The van der Waals surface area contributed by atoms with Crippen molar-refractivity contribution in [3.63, 3.8) is 0 Å². The first-order valence-electron chi connectivity index (χ1n) is 10.9. The summed E-state index contributed by atoms with van der Waals surface area (Å²) in [5, 5.41) is 3.54. The quantitative estimate of drug-likeness (QED) is 0.882. The van der Waals surface area contributed by atoms with E-state index < -0.39 is 0 Å². The topological polar surface area (TPSA) is 35.6 Å². The summed E-state index contributed by atoms with van der Waals surface area (Å²) in [7, 11) is 0. The number of piperazine rings is 1. The van der Waals surface area contributed by atoms with Crippen molar-refractivity contribution >= 4 is 6.03 Å². The van der Waals surface area contributed by atoms with Gasteiger partial charge in [0.25, 0.3) is 0 Å². The predicted octanol–water partition coefficient (Wildman–Crippen LogP) is 3.79. The Kier molecular flexibility index (Phi) is 4.42. The van der Waals surface area contributed by atoms with Gasteiger partial charge in [0.2, 0.25) is 0 Å². The average molecular weight is 368 g/mol. The van der Waals surface area contributed by atoms with Gasteiger partial charge in [-0.2, -0.15) is 0 Å². The van der Waals surface area contributed by atoms with Gasteiger partial charge >= 0.3 is 6.03 Å². The molecule has 0 radical (unpaired) electrons. The molecule has 4 nitrogen and oxygen atoms in total. The lowest BCUT2D eigenvalue weighted by Gasteiger charge is -2.57. The molecule has 1 heterocycles. The lowest BCUT2D eigenvalue weighted by atomic mass is 9.53. The molecule has 5 aliphatic rings. The zero-order valence-corrected chi connectivity index (χ0v) is 16.6. The summed E-state index contributed by atoms with van der Waals surface area (Å²) < 4.78 is 0. The van der Waals surface area contributed by atoms with Crippen LogP contribution in [-0.4, -0.2) is 47.5 Å². The van der Waals surface area contributed by atoms with Crippen molar-refractivity contribution in [3.05, 3.63) is 35.4 Å². The summed E-state index contributed by atoms with van der Waals surface area (Å²) in [5.41, 5.74) is 2.90. The van der Waals surface area contributed by atoms with Crippen molar-refractivity contribution in [1.29, 1.82) is 0 Å². The van der Waals surface area contributed by atoms with E-state index in [0.29, 0.717) is 0 Å². The monoisotopic (exact) mass is 367 g/mol. The Bertz CT molecular complexity index is 672. The van der Waals surface area contributed by atoms with Crippen molar-refractivity contribution < 1.29 is 4.79 Å². The fourth-order valence-corrected chi connectivity index (χ4v) is 6.71. The molecule has 1 aliphatic heterocycles. The molecule has 4 heteroatoms. The third-order valence-corrected chi connectivity index (χ3v) is 7.73. The van der Waals surface area contributed by atoms with Gasteiger partial charge in [0.1, 0.15) is 0 Å². The van der Waals surface area contributed by atoms with E-state index in [2.05, 4.69) is 46.3 Å². The molecule has 4 bridgehead atoms. The average Bonchev–Trinajstić information content (AvgIpc) is 2.63. The number of carbonyl (C=O) groups is 1. The standard InChI is InChI=1S/C23H33N3O/c1-17-4-2-3-5-21(17)16-25-6-8-26(9-7-25)22(27)24-23-13-18-10-19(14-23)12-20(11-18)15-23/h2-5,18-20H,6-16H2,1H3,(H,24,27). The van der Waals surface area contributed by atoms with E-state index in [-0.39, 0.29) is 11.6 Å². The van der Waals surface area contributed by atoms with Crippen LogP contribution in [0.5, 0.6) is 0 Å². The van der Waals surface area contributed by atoms with Crippen molar-refractivity contribution in [2.45, 2.75) is 57.5 Å². The van der Waals surface area contributed by atoms with Gasteiger partial charge in [-0.25, -0.2) is 4.79 Å². The van der Waals surface area contributed by atoms with E-state index in [4.69, 9.17) is 0 Å². The maximum Gasteiger partial charge on any atom is 0.317 e. The zero-order valence-electron chi connectivity index (χ0n) is 16.6. The fraction of sp³-hybridized carbons (Fsp3) is 0.696. The Labute approximate surface area is 163 Å². The first-order chi connectivity index (χ1) is 13.1. The third-order valence-electron chi connectivity index (χ3n) is 7.73. The molecule has 4 saturated carbocycles. The maximum absolute atomic E-state index is 13.0. The van der Waals surface area contributed by atoms with Crippen LogP contribution in [-0.2, 0) is 6.54 Å². The Balaban J connectivity index is 1.16. The van der Waals surface area contributed by atoms with Crippen LogP contribution in [0.1, 0.15) is 49.7 Å². The smallest absolute Gasteiger partial charge is 0.317 e. The molecule has 1 N–H and O–H groups in total. The number of nitrogens with zero attached hydrogens (tertiary/aromatic N) is 2. The van der Waals surface area contributed by atoms with Crippen LogP contribution in [0.25, 0.3) is 0 Å². The van der Waals surface area contributed by atoms with Crippen molar-refractivity contribution in [3.8, 4) is 0 Å². The summed E-state index contributed by atoms with van der Waals surface area (Å²) in [5.74, 6) is 2.63. The molecule has 0 unspecified atom stereocenters. The molecule has 2 amide bonds. The number of hydrogen-bond acceptors (Lipinski definition) is 2. The van der Waals surface area contributed by atoms with Gasteiger partial charge in [0, 0.05) is 38.3 Å². The second-order valence-corrected chi connectivity index (χ2v) is 9.82. The molecule has 4 aliphatic carbocycles. The van der Waals surface area contributed by atoms with Crippen molar-refractivity contribution in [2.75, 3.05) is 26.2 Å². The highest BCUT2D eigenvalue weighted by Crippen LogP contribution is 2.55.